The summed E-state index contributed by atoms with van der Waals surface area (Å²) in [7, 11) is 0. The van der Waals surface area contributed by atoms with Gasteiger partial charge >= 0.3 is 0 Å². The lowest BCUT2D eigenvalue weighted by Crippen LogP contribution is -2.01. The van der Waals surface area contributed by atoms with Crippen molar-refractivity contribution in [2.45, 2.75) is 13.1 Å². The van der Waals surface area contributed by atoms with Gasteiger partial charge in [-0.3, -0.25) is 0 Å². The van der Waals surface area contributed by atoms with Gasteiger partial charge in [0.05, 0.1) is 18.4 Å². The predicted octanol–water partition coefficient (Wildman–Crippen LogP) is 2.05. The lowest BCUT2D eigenvalue weighted by atomic mass is 10.1. The fourth-order valence-electron chi connectivity index (χ4n) is 2.77. The highest BCUT2D eigenvalue weighted by Gasteiger charge is 2.12. The first-order valence-electron chi connectivity index (χ1n) is 7.07. The van der Waals surface area contributed by atoms with Gasteiger partial charge in [0.1, 0.15) is 11.8 Å². The van der Waals surface area contributed by atoms with E-state index in [2.05, 4.69) is 19.9 Å². The van der Waals surface area contributed by atoms with Crippen molar-refractivity contribution in [1.29, 1.82) is 0 Å². The van der Waals surface area contributed by atoms with Crippen LogP contribution < -0.4 is 11.5 Å². The number of fused-ring (bicyclic) bond motifs is 2. The van der Waals surface area contributed by atoms with Crippen LogP contribution in [0.25, 0.3) is 22.1 Å². The van der Waals surface area contributed by atoms with Gasteiger partial charge in [0.15, 0.2) is 11.5 Å². The van der Waals surface area contributed by atoms with Crippen LogP contribution in [0.3, 0.4) is 0 Å². The second kappa shape index (κ2) is 5.22. The molecule has 23 heavy (non-hydrogen) atoms. The first kappa shape index (κ1) is 14.0. The molecule has 0 aliphatic rings. The molecule has 0 radical (unpaired) electrons. The number of hydrogen-bond acceptors (Lipinski definition) is 5. The van der Waals surface area contributed by atoms with E-state index in [0.717, 1.165) is 22.2 Å². The summed E-state index contributed by atoms with van der Waals surface area (Å²) in [6.07, 6.45) is 3.14. The predicted molar refractivity (Wildman–Crippen MR) is 90.0 cm³/mol. The van der Waals surface area contributed by atoms with E-state index in [1.165, 1.54) is 6.33 Å². The molecule has 0 saturated carbocycles. The number of aromatic nitrogens is 5. The minimum Gasteiger partial charge on any atom is -0.382 e. The smallest absolute Gasteiger partial charge is 0.165 e. The van der Waals surface area contributed by atoms with E-state index < -0.39 is 0 Å². The molecular weight excluding hydrogens is 314 g/mol. The van der Waals surface area contributed by atoms with Crippen molar-refractivity contribution < 1.29 is 0 Å². The zero-order valence-electron chi connectivity index (χ0n) is 12.1. The van der Waals surface area contributed by atoms with E-state index in [0.29, 0.717) is 35.1 Å². The van der Waals surface area contributed by atoms with Crippen LogP contribution in [0.5, 0.6) is 0 Å². The van der Waals surface area contributed by atoms with Crippen LogP contribution in [0.15, 0.2) is 30.9 Å². The maximum Gasteiger partial charge on any atom is 0.165 e. The van der Waals surface area contributed by atoms with Gasteiger partial charge in [0, 0.05) is 22.6 Å². The summed E-state index contributed by atoms with van der Waals surface area (Å²) >= 11 is 6.24. The third-order valence-electron chi connectivity index (χ3n) is 3.82. The molecule has 8 heteroatoms. The van der Waals surface area contributed by atoms with Gasteiger partial charge < -0.3 is 21.0 Å². The number of nitrogens with zero attached hydrogens (tertiary/aromatic N) is 4. The minimum absolute atomic E-state index is 0.371. The van der Waals surface area contributed by atoms with E-state index in [1.54, 1.807) is 6.33 Å². The Labute approximate surface area is 136 Å². The third kappa shape index (κ3) is 2.30. The van der Waals surface area contributed by atoms with Crippen LogP contribution in [0.4, 0.5) is 5.82 Å². The molecule has 116 valence electrons. The first-order valence-corrected chi connectivity index (χ1v) is 7.45. The van der Waals surface area contributed by atoms with Crippen molar-refractivity contribution in [3.8, 4) is 0 Å². The fourth-order valence-corrected chi connectivity index (χ4v) is 3.02. The molecule has 0 bridgehead atoms. The molecule has 3 heterocycles. The first-order chi connectivity index (χ1) is 11.2. The molecule has 0 unspecified atom stereocenters. The molecule has 4 rings (SSSR count). The number of benzene rings is 1. The molecular formula is C15H14ClN7. The van der Waals surface area contributed by atoms with Crippen molar-refractivity contribution in [1.82, 2.24) is 24.5 Å². The summed E-state index contributed by atoms with van der Waals surface area (Å²) in [5.41, 5.74) is 15.8. The van der Waals surface area contributed by atoms with Crippen LogP contribution in [0, 0.1) is 0 Å². The number of rotatable bonds is 3. The van der Waals surface area contributed by atoms with Crippen molar-refractivity contribution in [3.05, 3.63) is 47.1 Å². The van der Waals surface area contributed by atoms with Gasteiger partial charge in [-0.15, -0.1) is 0 Å². The lowest BCUT2D eigenvalue weighted by molar-refractivity contribution is 0.816. The van der Waals surface area contributed by atoms with Crippen LogP contribution in [-0.4, -0.2) is 24.5 Å². The number of nitrogens with one attached hydrogen (secondary N) is 1. The number of nitrogens with two attached hydrogens (primary N) is 2. The van der Waals surface area contributed by atoms with Crippen molar-refractivity contribution >= 4 is 39.5 Å². The molecule has 3 aromatic heterocycles. The number of H-pyrrole nitrogens is 1. The van der Waals surface area contributed by atoms with E-state index in [1.807, 2.05) is 22.8 Å². The number of aromatic amines is 1. The van der Waals surface area contributed by atoms with Gasteiger partial charge in [0.25, 0.3) is 0 Å². The molecule has 7 nitrogen and oxygen atoms in total. The number of halogens is 1. The Bertz CT molecular complexity index is 1020. The number of imidazole rings is 1. The standard InChI is InChI=1S/C15H14ClN7/c16-10-1-8-3-11(4-17)22-12(8)9(2-10)5-23-7-21-13-14(18)19-6-20-15(13)23/h1-3,6-7,22H,4-5,17H2,(H2,18,19,20). The molecule has 0 spiro atoms. The number of anilines is 1. The Kier molecular flexibility index (Phi) is 3.17. The molecule has 0 saturated heterocycles. The van der Waals surface area contributed by atoms with Gasteiger partial charge in [-0.2, -0.15) is 0 Å². The zero-order valence-corrected chi connectivity index (χ0v) is 12.9. The fraction of sp³-hybridized carbons (Fsp3) is 0.133. The van der Waals surface area contributed by atoms with E-state index in [9.17, 15) is 0 Å². The minimum atomic E-state index is 0.371. The summed E-state index contributed by atoms with van der Waals surface area (Å²) in [6, 6.07) is 5.86. The van der Waals surface area contributed by atoms with Crippen LogP contribution in [0.2, 0.25) is 5.02 Å². The van der Waals surface area contributed by atoms with Crippen molar-refractivity contribution in [2.24, 2.45) is 5.73 Å². The lowest BCUT2D eigenvalue weighted by Gasteiger charge is -2.07. The molecule has 1 aromatic carbocycles. The zero-order chi connectivity index (χ0) is 16.0. The maximum atomic E-state index is 6.24. The molecule has 0 fully saturated rings. The molecule has 0 aliphatic heterocycles. The van der Waals surface area contributed by atoms with E-state index in [4.69, 9.17) is 23.1 Å². The SMILES string of the molecule is NCc1cc2cc(Cl)cc(Cn3cnc4c(N)ncnc43)c2[nH]1. The van der Waals surface area contributed by atoms with Gasteiger partial charge in [0.2, 0.25) is 0 Å². The summed E-state index contributed by atoms with van der Waals surface area (Å²) in [6.45, 7) is 1.01. The highest BCUT2D eigenvalue weighted by atomic mass is 35.5. The second-order valence-electron chi connectivity index (χ2n) is 5.33. The topological polar surface area (TPSA) is 111 Å². The highest BCUT2D eigenvalue weighted by molar-refractivity contribution is 6.31. The average molecular weight is 328 g/mol. The Balaban J connectivity index is 1.85. The summed E-state index contributed by atoms with van der Waals surface area (Å²) in [5.74, 6) is 0.371. The second-order valence-corrected chi connectivity index (χ2v) is 5.77. The largest absolute Gasteiger partial charge is 0.382 e. The Morgan fingerprint density at radius 3 is 2.87 bits per heavy atom. The molecule has 0 aliphatic carbocycles. The average Bonchev–Trinajstić information content (AvgIpc) is 3.12. The number of hydrogen-bond donors (Lipinski definition) is 3. The normalized spacial score (nSPS) is 11.6. The number of nitrogen functional groups attached to an aromatic ring is 1. The van der Waals surface area contributed by atoms with Gasteiger partial charge in [-0.05, 0) is 23.8 Å². The van der Waals surface area contributed by atoms with Gasteiger partial charge in [-0.25, -0.2) is 15.0 Å². The van der Waals surface area contributed by atoms with Crippen LogP contribution in [-0.2, 0) is 13.1 Å². The summed E-state index contributed by atoms with van der Waals surface area (Å²) in [4.78, 5) is 15.9. The van der Waals surface area contributed by atoms with Crippen molar-refractivity contribution in [3.63, 3.8) is 0 Å². The van der Waals surface area contributed by atoms with E-state index >= 15 is 0 Å². The quantitative estimate of drug-likeness (QED) is 0.533. The molecule has 5 N–H and O–H groups in total. The third-order valence-corrected chi connectivity index (χ3v) is 4.04. The Morgan fingerprint density at radius 1 is 1.17 bits per heavy atom. The van der Waals surface area contributed by atoms with Gasteiger partial charge in [-0.1, -0.05) is 11.6 Å². The summed E-state index contributed by atoms with van der Waals surface area (Å²) in [5, 5.41) is 1.71. The molecule has 0 amide bonds. The summed E-state index contributed by atoms with van der Waals surface area (Å²) < 4.78 is 1.92. The molecule has 4 aromatic rings. The highest BCUT2D eigenvalue weighted by Crippen LogP contribution is 2.26. The van der Waals surface area contributed by atoms with Crippen LogP contribution in [0.1, 0.15) is 11.3 Å². The Morgan fingerprint density at radius 2 is 2.04 bits per heavy atom. The van der Waals surface area contributed by atoms with Crippen molar-refractivity contribution in [2.75, 3.05) is 5.73 Å². The van der Waals surface area contributed by atoms with Crippen LogP contribution >= 0.6 is 11.6 Å². The van der Waals surface area contributed by atoms with E-state index in [-0.39, 0.29) is 0 Å². The maximum absolute atomic E-state index is 6.24. The monoisotopic (exact) mass is 327 g/mol. The molecule has 0 atom stereocenters. The Hall–Kier alpha value is -2.64.